The first-order chi connectivity index (χ1) is 51.7. The Morgan fingerprint density at radius 3 is 1.26 bits per heavy atom. The number of hydrogen-bond acceptors (Lipinski definition) is 25. The SMILES string of the molecule is CC[C@H](C)[C@H](NC(=O)[C@H](Cc1c[nH]c2ccccc12)NC(=O)CNC(=O)CNC(=O)[C@H](CS)NC(=O)[C@H](CS)NC(=O)[C@H](CS)NC(=O)[C@H](CS)NC(=O)[C@@H](NC(=O)CNC(=O)[C@H](CC(C)C)NC(=O)[C@@H](NC(=O)[C@@H](N)CO)C(C)C)[C@@H](C)O)C(=O)N[C@@H](CC(C)C)C(=O)N[C@@H](CS)C(=O)N[C@@H](CCC(=O)O)C(=O)O. The van der Waals surface area contributed by atoms with Crippen molar-refractivity contribution in [3.63, 3.8) is 0 Å². The summed E-state index contributed by atoms with van der Waals surface area (Å²) in [6.45, 7) is 11.8. The molecule has 110 heavy (non-hydrogen) atoms. The van der Waals surface area contributed by atoms with Crippen LogP contribution in [0.2, 0.25) is 0 Å². The molecule has 0 aliphatic rings. The van der Waals surface area contributed by atoms with E-state index in [1.165, 1.54) is 0 Å². The predicted octanol–water partition coefficient (Wildman–Crippen LogP) is -6.03. The molecular weight excluding hydrogens is 1540 g/mol. The smallest absolute Gasteiger partial charge is 0.326 e. The molecule has 616 valence electrons. The van der Waals surface area contributed by atoms with Crippen LogP contribution >= 0.6 is 63.1 Å². The molecule has 2 aromatic rings. The van der Waals surface area contributed by atoms with Crippen LogP contribution in [0, 0.1) is 23.7 Å². The summed E-state index contributed by atoms with van der Waals surface area (Å²) in [7, 11) is 0. The van der Waals surface area contributed by atoms with Gasteiger partial charge in [-0.15, -0.1) is 0 Å². The lowest BCUT2D eigenvalue weighted by Crippen LogP contribution is -2.61. The molecule has 0 unspecified atom stereocenters. The van der Waals surface area contributed by atoms with Gasteiger partial charge >= 0.3 is 11.9 Å². The molecule has 0 saturated heterocycles. The number of carbonyl (C=O) groups is 17. The topological polar surface area (TPSA) is 593 Å². The number of aromatic amines is 1. The minimum Gasteiger partial charge on any atom is -0.481 e. The highest BCUT2D eigenvalue weighted by Gasteiger charge is 2.38. The van der Waals surface area contributed by atoms with Crippen LogP contribution in [-0.2, 0) is 87.9 Å². The molecule has 0 bridgehead atoms. The molecule has 1 aromatic carbocycles. The van der Waals surface area contributed by atoms with Crippen molar-refractivity contribution in [1.82, 2.24) is 84.7 Å². The Bertz CT molecular complexity index is 3520. The number of benzene rings is 1. The number of aliphatic carboxylic acids is 2. The summed E-state index contributed by atoms with van der Waals surface area (Å²) in [4.78, 5) is 229. The predicted molar refractivity (Wildman–Crippen MR) is 418 cm³/mol. The average molecular weight is 1650 g/mol. The highest BCUT2D eigenvalue weighted by molar-refractivity contribution is 7.81. The number of rotatable bonds is 50. The normalized spacial score (nSPS) is 15.3. The second-order valence-corrected chi connectivity index (χ2v) is 28.8. The van der Waals surface area contributed by atoms with E-state index >= 15 is 0 Å². The van der Waals surface area contributed by atoms with E-state index in [9.17, 15) is 96.8 Å². The number of carbonyl (C=O) groups excluding carboxylic acids is 15. The van der Waals surface area contributed by atoms with Crippen LogP contribution in [-0.4, -0.2) is 266 Å². The monoisotopic (exact) mass is 1650 g/mol. The van der Waals surface area contributed by atoms with E-state index in [4.69, 9.17) is 10.8 Å². The first kappa shape index (κ1) is 97.5. The standard InChI is InChI=1S/C67H107N17O21S5/c1-10-33(8)53(65(102)76-41(18-31(4)5)58(95)78-44(26-107)60(97)74-39(67(104)105)15-16-51(90)91)84-59(96)42(19-35-20-69-38-14-12-11-13-36(35)38)73-49(88)22-70-48(87)21-71-57(94)43(25-106)77-61(98)45(27-108)79-62(99)46(28-109)80-63(100)47(29-110)81-66(103)54(34(9)86)82-50(89)23-72-56(93)40(17-30(2)3)75-64(101)52(32(6)7)83-55(92)37(68)24-85/h11-14,20,30-34,37,39-47,52-54,69,85-86,106-110H,10,15-19,21-29,68H2,1-9H3,(H,70,87)(H,71,94)(H,72,93)(H,73,88)(H,74,97)(H,75,101)(H,76,102)(H,77,98)(H,78,95)(H,79,99)(H,80,100)(H,81,103)(H,82,89)(H,83,92)(H,84,96)(H,90,91)(H,104,105)/t33-,34+,37-,39-,40-,41-,42-,43-,44-,45-,46-,47-,52-,53-,54-/m0/s1. The van der Waals surface area contributed by atoms with Crippen LogP contribution in [0.3, 0.4) is 0 Å². The van der Waals surface area contributed by atoms with Gasteiger partial charge in [-0.05, 0) is 61.5 Å². The van der Waals surface area contributed by atoms with Gasteiger partial charge in [-0.3, -0.25) is 76.7 Å². The van der Waals surface area contributed by atoms with Crippen molar-refractivity contribution >= 4 is 175 Å². The van der Waals surface area contributed by atoms with Crippen molar-refractivity contribution in [2.24, 2.45) is 29.4 Å². The van der Waals surface area contributed by atoms with Crippen LogP contribution in [0.1, 0.15) is 100.0 Å². The van der Waals surface area contributed by atoms with Crippen LogP contribution in [0.4, 0.5) is 0 Å². The van der Waals surface area contributed by atoms with E-state index in [1.807, 2.05) is 0 Å². The molecule has 15 atom stereocenters. The van der Waals surface area contributed by atoms with Crippen molar-refractivity contribution in [2.75, 3.05) is 55.0 Å². The number of carboxylic acid groups (broad SMARTS) is 2. The summed E-state index contributed by atoms with van der Waals surface area (Å²) in [5.74, 6) is -20.1. The second kappa shape index (κ2) is 49.6. The number of thiol groups is 5. The highest BCUT2D eigenvalue weighted by atomic mass is 32.1. The highest BCUT2D eigenvalue weighted by Crippen LogP contribution is 2.21. The summed E-state index contributed by atoms with van der Waals surface area (Å²) >= 11 is 20.8. The molecule has 1 heterocycles. The lowest BCUT2D eigenvalue weighted by atomic mass is 9.95. The Hall–Kier alpha value is -8.62. The third-order valence-corrected chi connectivity index (χ3v) is 18.5. The van der Waals surface area contributed by atoms with Crippen LogP contribution in [0.5, 0.6) is 0 Å². The summed E-state index contributed by atoms with van der Waals surface area (Å²) in [5.41, 5.74) is 6.83. The molecule has 0 aliphatic carbocycles. The van der Waals surface area contributed by atoms with Crippen molar-refractivity contribution in [2.45, 2.75) is 185 Å². The number of nitrogens with one attached hydrogen (secondary N) is 16. The van der Waals surface area contributed by atoms with E-state index in [1.54, 1.807) is 85.9 Å². The van der Waals surface area contributed by atoms with E-state index in [2.05, 4.69) is 148 Å². The van der Waals surface area contributed by atoms with Crippen molar-refractivity contribution < 1.29 is 102 Å². The molecular formula is C67H107N17O21S5. The van der Waals surface area contributed by atoms with Gasteiger partial charge in [0.2, 0.25) is 88.6 Å². The van der Waals surface area contributed by atoms with Gasteiger partial charge in [0.15, 0.2) is 0 Å². The van der Waals surface area contributed by atoms with Gasteiger partial charge in [0, 0.05) is 58.7 Å². The number of nitrogens with two attached hydrogens (primary N) is 1. The van der Waals surface area contributed by atoms with Crippen LogP contribution in [0.15, 0.2) is 30.5 Å². The zero-order valence-electron chi connectivity index (χ0n) is 62.4. The molecule has 0 fully saturated rings. The lowest BCUT2D eigenvalue weighted by molar-refractivity contribution is -0.143. The second-order valence-electron chi connectivity index (χ2n) is 27.0. The zero-order valence-corrected chi connectivity index (χ0v) is 66.9. The fraction of sp³-hybridized carbons (Fsp3) is 0.627. The van der Waals surface area contributed by atoms with E-state index in [0.717, 1.165) is 6.92 Å². The molecule has 43 heteroatoms. The van der Waals surface area contributed by atoms with Gasteiger partial charge < -0.3 is 111 Å². The summed E-state index contributed by atoms with van der Waals surface area (Å²) in [6, 6.07) is -11.6. The molecule has 0 saturated carbocycles. The minimum atomic E-state index is -1.74. The number of para-hydroxylation sites is 1. The molecule has 0 radical (unpaired) electrons. The van der Waals surface area contributed by atoms with E-state index in [0.29, 0.717) is 22.9 Å². The summed E-state index contributed by atoms with van der Waals surface area (Å²) in [5, 5.41) is 75.5. The molecule has 15 amide bonds. The number of carboxylic acids is 2. The molecule has 1 aromatic heterocycles. The number of aromatic nitrogens is 1. The first-order valence-corrected chi connectivity index (χ1v) is 38.4. The quantitative estimate of drug-likeness (QED) is 0.0274. The molecule has 0 spiro atoms. The fourth-order valence-electron chi connectivity index (χ4n) is 10.3. The molecule has 38 nitrogen and oxygen atoms in total. The van der Waals surface area contributed by atoms with Gasteiger partial charge in [0.05, 0.1) is 32.3 Å². The van der Waals surface area contributed by atoms with Crippen molar-refractivity contribution in [1.29, 1.82) is 0 Å². The fourth-order valence-corrected chi connectivity index (χ4v) is 11.6. The average Bonchev–Trinajstić information content (AvgIpc) is 1.65. The van der Waals surface area contributed by atoms with E-state index < -0.39 is 248 Å². The van der Waals surface area contributed by atoms with Gasteiger partial charge in [-0.25, -0.2) is 4.79 Å². The van der Waals surface area contributed by atoms with Gasteiger partial charge in [0.1, 0.15) is 78.5 Å². The zero-order chi connectivity index (χ0) is 83.4. The lowest BCUT2D eigenvalue weighted by Gasteiger charge is -2.29. The van der Waals surface area contributed by atoms with Gasteiger partial charge in [0.25, 0.3) is 0 Å². The van der Waals surface area contributed by atoms with Crippen LogP contribution in [0.25, 0.3) is 10.9 Å². The number of aliphatic hydroxyl groups excluding tert-OH is 2. The Morgan fingerprint density at radius 1 is 0.436 bits per heavy atom. The summed E-state index contributed by atoms with van der Waals surface area (Å²) < 4.78 is 0. The van der Waals surface area contributed by atoms with Gasteiger partial charge in [-0.2, -0.15) is 63.1 Å². The Kier molecular flexibility index (Phi) is 43.9. The molecule has 22 N–H and O–H groups in total. The van der Waals surface area contributed by atoms with Crippen LogP contribution < -0.4 is 85.5 Å². The number of hydrogen-bond donors (Lipinski definition) is 26. The largest absolute Gasteiger partial charge is 0.481 e. The third-order valence-electron chi connectivity index (χ3n) is 16.7. The van der Waals surface area contributed by atoms with Crippen molar-refractivity contribution in [3.05, 3.63) is 36.0 Å². The Morgan fingerprint density at radius 2 is 0.818 bits per heavy atom. The Labute approximate surface area is 663 Å². The van der Waals surface area contributed by atoms with Gasteiger partial charge in [-0.1, -0.05) is 80.0 Å². The maximum absolute atomic E-state index is 14.5. The van der Waals surface area contributed by atoms with Crippen molar-refractivity contribution in [3.8, 4) is 0 Å². The number of fused-ring (bicyclic) bond motifs is 1. The first-order valence-electron chi connectivity index (χ1n) is 35.2. The maximum Gasteiger partial charge on any atom is 0.326 e. The number of amides is 15. The minimum absolute atomic E-state index is 0.0112. The number of H-pyrrole nitrogens is 1. The Balaban J connectivity index is 2.15. The summed E-state index contributed by atoms with van der Waals surface area (Å²) in [6.07, 6.45) is -0.802. The maximum atomic E-state index is 14.5. The number of aliphatic hydroxyl groups is 2. The third kappa shape index (κ3) is 33.5. The van der Waals surface area contributed by atoms with E-state index in [-0.39, 0.29) is 48.4 Å². The molecule has 0 aliphatic heterocycles. The molecule has 2 rings (SSSR count).